The van der Waals surface area contributed by atoms with Gasteiger partial charge in [0.2, 0.25) is 6.20 Å². The van der Waals surface area contributed by atoms with E-state index in [-0.39, 0.29) is 13.2 Å². The van der Waals surface area contributed by atoms with E-state index in [1.807, 2.05) is 23.9 Å². The molecule has 0 aliphatic heterocycles. The topological polar surface area (TPSA) is 53.6 Å². The van der Waals surface area contributed by atoms with Crippen LogP contribution in [0.4, 0.5) is 0 Å². The van der Waals surface area contributed by atoms with Crippen LogP contribution >= 0.6 is 0 Å². The van der Waals surface area contributed by atoms with E-state index < -0.39 is 6.10 Å². The molecule has 0 aliphatic rings. The molecule has 0 saturated heterocycles. The Balaban J connectivity index is 2.45. The number of nitrogens with zero attached hydrogens (tertiary/aromatic N) is 1. The summed E-state index contributed by atoms with van der Waals surface area (Å²) >= 11 is 0. The van der Waals surface area contributed by atoms with Crippen molar-refractivity contribution in [1.29, 1.82) is 0 Å². The van der Waals surface area contributed by atoms with Gasteiger partial charge in [-0.15, -0.1) is 0 Å². The third-order valence-corrected chi connectivity index (χ3v) is 1.57. The van der Waals surface area contributed by atoms with Gasteiger partial charge in [-0.25, -0.2) is 4.57 Å². The Bertz CT molecular complexity index is 265. The van der Waals surface area contributed by atoms with Crippen LogP contribution in [0.25, 0.3) is 0 Å². The Hall–Kier alpha value is -1.13. The lowest BCUT2D eigenvalue weighted by Crippen LogP contribution is -2.27. The molecule has 72 valence electrons. The average molecular weight is 184 g/mol. The summed E-state index contributed by atoms with van der Waals surface area (Å²) in [6, 6.07) is 3.64. The van der Waals surface area contributed by atoms with E-state index >= 15 is 0 Å². The molecular weight excluding hydrogens is 170 g/mol. The Kier molecular flexibility index (Phi) is 3.67. The molecule has 1 unspecified atom stereocenters. The van der Waals surface area contributed by atoms with Gasteiger partial charge in [0.15, 0.2) is 11.9 Å². The van der Waals surface area contributed by atoms with Crippen LogP contribution in [0.3, 0.4) is 0 Å². The molecular formula is C9H14NO3+. The van der Waals surface area contributed by atoms with Crippen molar-refractivity contribution >= 4 is 0 Å². The lowest BCUT2D eigenvalue weighted by molar-refractivity contribution is -0.671. The molecule has 0 aromatic carbocycles. The summed E-state index contributed by atoms with van der Waals surface area (Å²) in [6.45, 7) is -0.167. The zero-order valence-electron chi connectivity index (χ0n) is 7.55. The van der Waals surface area contributed by atoms with Crippen molar-refractivity contribution in [2.75, 3.05) is 13.2 Å². The van der Waals surface area contributed by atoms with Gasteiger partial charge in [-0.3, -0.25) is 0 Å². The molecule has 1 aromatic heterocycles. The molecule has 1 aromatic rings. The number of pyridine rings is 1. The lowest BCUT2D eigenvalue weighted by atomic mass is 10.4. The third-order valence-electron chi connectivity index (χ3n) is 1.57. The Morgan fingerprint density at radius 1 is 1.62 bits per heavy atom. The number of ether oxygens (including phenoxy) is 1. The highest BCUT2D eigenvalue weighted by molar-refractivity contribution is 5.12. The van der Waals surface area contributed by atoms with Crippen LogP contribution in [0.5, 0.6) is 5.75 Å². The van der Waals surface area contributed by atoms with Crippen molar-refractivity contribution in [3.05, 3.63) is 24.5 Å². The third kappa shape index (κ3) is 3.40. The van der Waals surface area contributed by atoms with Crippen LogP contribution in [0.15, 0.2) is 24.5 Å². The van der Waals surface area contributed by atoms with E-state index in [9.17, 15) is 0 Å². The largest absolute Gasteiger partial charge is 0.485 e. The molecule has 2 N–H and O–H groups in total. The zero-order chi connectivity index (χ0) is 9.68. The number of aliphatic hydroxyl groups is 2. The fourth-order valence-corrected chi connectivity index (χ4v) is 0.891. The van der Waals surface area contributed by atoms with E-state index in [0.29, 0.717) is 5.75 Å². The van der Waals surface area contributed by atoms with E-state index in [4.69, 9.17) is 14.9 Å². The van der Waals surface area contributed by atoms with E-state index in [1.54, 1.807) is 12.3 Å². The average Bonchev–Trinajstić information content (AvgIpc) is 2.14. The van der Waals surface area contributed by atoms with Gasteiger partial charge >= 0.3 is 0 Å². The van der Waals surface area contributed by atoms with E-state index in [2.05, 4.69) is 0 Å². The van der Waals surface area contributed by atoms with Gasteiger partial charge in [-0.1, -0.05) is 0 Å². The highest BCUT2D eigenvalue weighted by atomic mass is 16.5. The minimum atomic E-state index is -0.814. The fraction of sp³-hybridized carbons (Fsp3) is 0.444. The van der Waals surface area contributed by atoms with Crippen LogP contribution in [0, 0.1) is 0 Å². The maximum Gasteiger partial charge on any atom is 0.210 e. The monoisotopic (exact) mass is 184 g/mol. The maximum atomic E-state index is 9.01. The van der Waals surface area contributed by atoms with Crippen LogP contribution in [0.2, 0.25) is 0 Å². The summed E-state index contributed by atoms with van der Waals surface area (Å²) in [6.07, 6.45) is 2.87. The lowest BCUT2D eigenvalue weighted by Gasteiger charge is -2.07. The van der Waals surface area contributed by atoms with Gasteiger partial charge in [-0.05, 0) is 6.07 Å². The molecule has 0 radical (unpaired) electrons. The van der Waals surface area contributed by atoms with Crippen LogP contribution in [0.1, 0.15) is 0 Å². The minimum absolute atomic E-state index is 0.112. The number of aliphatic hydroxyl groups excluding tert-OH is 2. The molecule has 0 saturated carbocycles. The number of rotatable bonds is 4. The first kappa shape index (κ1) is 9.95. The van der Waals surface area contributed by atoms with Gasteiger partial charge in [-0.2, -0.15) is 0 Å². The van der Waals surface area contributed by atoms with Gasteiger partial charge in [0.05, 0.1) is 6.61 Å². The number of aromatic nitrogens is 1. The first-order valence-corrected chi connectivity index (χ1v) is 4.09. The van der Waals surface area contributed by atoms with E-state index in [1.165, 1.54) is 0 Å². The Morgan fingerprint density at radius 2 is 2.38 bits per heavy atom. The van der Waals surface area contributed by atoms with Gasteiger partial charge < -0.3 is 14.9 Å². The van der Waals surface area contributed by atoms with Gasteiger partial charge in [0.25, 0.3) is 0 Å². The Morgan fingerprint density at radius 3 is 3.00 bits per heavy atom. The normalized spacial score (nSPS) is 12.5. The van der Waals surface area contributed by atoms with Crippen molar-refractivity contribution in [1.82, 2.24) is 0 Å². The molecule has 0 spiro atoms. The van der Waals surface area contributed by atoms with Crippen LogP contribution < -0.4 is 9.30 Å². The smallest absolute Gasteiger partial charge is 0.210 e. The molecule has 1 heterocycles. The van der Waals surface area contributed by atoms with Crippen molar-refractivity contribution in [2.24, 2.45) is 7.05 Å². The van der Waals surface area contributed by atoms with Crippen LogP contribution in [-0.2, 0) is 7.05 Å². The first-order valence-electron chi connectivity index (χ1n) is 4.09. The van der Waals surface area contributed by atoms with Gasteiger partial charge in [0.1, 0.15) is 19.8 Å². The molecule has 0 aliphatic carbocycles. The molecule has 1 rings (SSSR count). The molecule has 0 amide bonds. The molecule has 13 heavy (non-hydrogen) atoms. The first-order chi connectivity index (χ1) is 6.22. The second-order valence-corrected chi connectivity index (χ2v) is 2.85. The molecule has 4 nitrogen and oxygen atoms in total. The maximum absolute atomic E-state index is 9.01. The minimum Gasteiger partial charge on any atom is -0.485 e. The summed E-state index contributed by atoms with van der Waals surface area (Å²) in [5.41, 5.74) is 0. The quantitative estimate of drug-likeness (QED) is 0.605. The summed E-state index contributed by atoms with van der Waals surface area (Å²) in [5, 5.41) is 17.5. The second-order valence-electron chi connectivity index (χ2n) is 2.85. The zero-order valence-corrected chi connectivity index (χ0v) is 7.55. The summed E-state index contributed by atoms with van der Waals surface area (Å²) in [5.74, 6) is 0.678. The van der Waals surface area contributed by atoms with Crippen molar-refractivity contribution in [3.63, 3.8) is 0 Å². The summed E-state index contributed by atoms with van der Waals surface area (Å²) < 4.78 is 7.06. The number of hydrogen-bond donors (Lipinski definition) is 2. The second kappa shape index (κ2) is 4.79. The van der Waals surface area contributed by atoms with Crippen LogP contribution in [-0.4, -0.2) is 29.5 Å². The van der Waals surface area contributed by atoms with Gasteiger partial charge in [0, 0.05) is 6.07 Å². The van der Waals surface area contributed by atoms with E-state index in [0.717, 1.165) is 0 Å². The van der Waals surface area contributed by atoms with Crippen molar-refractivity contribution in [3.8, 4) is 5.75 Å². The van der Waals surface area contributed by atoms with Crippen molar-refractivity contribution < 1.29 is 19.5 Å². The summed E-state index contributed by atoms with van der Waals surface area (Å²) in [4.78, 5) is 0. The summed E-state index contributed by atoms with van der Waals surface area (Å²) in [7, 11) is 1.88. The number of aryl methyl sites for hydroxylation is 1. The SMILES string of the molecule is C[n+]1cccc(OCC(O)CO)c1. The molecule has 0 fully saturated rings. The number of hydrogen-bond acceptors (Lipinski definition) is 3. The Labute approximate surface area is 77.0 Å². The predicted molar refractivity (Wildman–Crippen MR) is 46.2 cm³/mol. The standard InChI is InChI=1S/C9H14NO3/c1-10-4-2-3-9(5-10)13-7-8(12)6-11/h2-5,8,11-12H,6-7H2,1H3/q+1. The highest BCUT2D eigenvalue weighted by Crippen LogP contribution is 2.04. The van der Waals surface area contributed by atoms with Crippen molar-refractivity contribution in [2.45, 2.75) is 6.10 Å². The predicted octanol–water partition coefficient (Wildman–Crippen LogP) is -0.757. The molecule has 1 atom stereocenters. The molecule has 4 heteroatoms. The highest BCUT2D eigenvalue weighted by Gasteiger charge is 2.04. The molecule has 0 bridgehead atoms. The fourth-order valence-electron chi connectivity index (χ4n) is 0.891.